The lowest BCUT2D eigenvalue weighted by Gasteiger charge is -2.45. The number of rotatable bonds is 6. The number of piperidine rings is 1. The summed E-state index contributed by atoms with van der Waals surface area (Å²) in [4.78, 5) is 16.9. The molecule has 0 bridgehead atoms. The quantitative estimate of drug-likeness (QED) is 0.810. The van der Waals surface area contributed by atoms with Gasteiger partial charge in [0.25, 0.3) is 0 Å². The van der Waals surface area contributed by atoms with Gasteiger partial charge in [-0.1, -0.05) is 26.2 Å². The number of amides is 1. The molecule has 0 atom stereocenters. The van der Waals surface area contributed by atoms with E-state index in [1.165, 1.54) is 64.6 Å². The van der Waals surface area contributed by atoms with Crippen LogP contribution >= 0.6 is 0 Å². The SMILES string of the molecule is CCCC(=O)N1CCC(NC2(CN3CCCC3)CCCCC2)CC1. The molecule has 3 aliphatic rings. The first-order chi connectivity index (χ1) is 11.7. The van der Waals surface area contributed by atoms with E-state index in [1.54, 1.807) is 0 Å². The Kier molecular flexibility index (Phi) is 6.56. The van der Waals surface area contributed by atoms with E-state index in [0.29, 0.717) is 17.5 Å². The van der Waals surface area contributed by atoms with Gasteiger partial charge in [0.15, 0.2) is 0 Å². The Bertz CT molecular complexity index is 392. The van der Waals surface area contributed by atoms with Crippen LogP contribution < -0.4 is 5.32 Å². The Labute approximate surface area is 148 Å². The van der Waals surface area contributed by atoms with Crippen molar-refractivity contribution in [3.8, 4) is 0 Å². The maximum atomic E-state index is 12.1. The van der Waals surface area contributed by atoms with Gasteiger partial charge in [-0.25, -0.2) is 0 Å². The molecule has 1 amide bonds. The first kappa shape index (κ1) is 18.2. The van der Waals surface area contributed by atoms with Gasteiger partial charge in [-0.2, -0.15) is 0 Å². The van der Waals surface area contributed by atoms with Crippen molar-refractivity contribution in [2.24, 2.45) is 0 Å². The summed E-state index contributed by atoms with van der Waals surface area (Å²) in [5, 5.41) is 4.11. The second kappa shape index (κ2) is 8.66. The van der Waals surface area contributed by atoms with Crippen molar-refractivity contribution in [1.82, 2.24) is 15.1 Å². The Hall–Kier alpha value is -0.610. The maximum Gasteiger partial charge on any atom is 0.222 e. The number of nitrogens with one attached hydrogen (secondary N) is 1. The molecule has 0 radical (unpaired) electrons. The fourth-order valence-electron chi connectivity index (χ4n) is 5.02. The number of carbonyl (C=O) groups is 1. The molecule has 3 rings (SSSR count). The molecule has 0 aromatic rings. The number of likely N-dealkylation sites (tertiary alicyclic amines) is 2. The molecule has 4 heteroatoms. The molecule has 24 heavy (non-hydrogen) atoms. The van der Waals surface area contributed by atoms with Crippen LogP contribution in [0, 0.1) is 0 Å². The second-order valence-corrected chi connectivity index (χ2v) is 8.37. The van der Waals surface area contributed by atoms with E-state index < -0.39 is 0 Å². The zero-order valence-corrected chi connectivity index (χ0v) is 15.7. The van der Waals surface area contributed by atoms with Gasteiger partial charge in [-0.05, 0) is 58.0 Å². The molecule has 1 aliphatic carbocycles. The number of hydrogen-bond donors (Lipinski definition) is 1. The van der Waals surface area contributed by atoms with Crippen molar-refractivity contribution in [3.05, 3.63) is 0 Å². The van der Waals surface area contributed by atoms with Gasteiger partial charge in [0.2, 0.25) is 5.91 Å². The Morgan fingerprint density at radius 2 is 1.67 bits per heavy atom. The van der Waals surface area contributed by atoms with Crippen molar-refractivity contribution in [1.29, 1.82) is 0 Å². The highest BCUT2D eigenvalue weighted by Gasteiger charge is 2.37. The van der Waals surface area contributed by atoms with Crippen LogP contribution in [0.3, 0.4) is 0 Å². The molecule has 1 saturated carbocycles. The van der Waals surface area contributed by atoms with E-state index in [9.17, 15) is 4.79 Å². The van der Waals surface area contributed by atoms with Crippen LogP contribution in [0.1, 0.15) is 77.6 Å². The number of carbonyl (C=O) groups excluding carboxylic acids is 1. The summed E-state index contributed by atoms with van der Waals surface area (Å²) < 4.78 is 0. The lowest BCUT2D eigenvalue weighted by Crippen LogP contribution is -2.59. The van der Waals surface area contributed by atoms with Crippen LogP contribution in [0.15, 0.2) is 0 Å². The normalized spacial score (nSPS) is 26.0. The summed E-state index contributed by atoms with van der Waals surface area (Å²) in [6.07, 6.45) is 13.6. The molecule has 0 aromatic carbocycles. The van der Waals surface area contributed by atoms with Crippen molar-refractivity contribution in [3.63, 3.8) is 0 Å². The third-order valence-corrected chi connectivity index (χ3v) is 6.36. The maximum absolute atomic E-state index is 12.1. The van der Waals surface area contributed by atoms with E-state index in [4.69, 9.17) is 0 Å². The zero-order chi connectivity index (χ0) is 16.8. The van der Waals surface area contributed by atoms with E-state index in [1.807, 2.05) is 0 Å². The third kappa shape index (κ3) is 4.72. The molecule has 0 unspecified atom stereocenters. The van der Waals surface area contributed by atoms with Crippen LogP contribution in [0.25, 0.3) is 0 Å². The molecule has 2 aliphatic heterocycles. The third-order valence-electron chi connectivity index (χ3n) is 6.36. The van der Waals surface area contributed by atoms with Crippen LogP contribution in [0.5, 0.6) is 0 Å². The van der Waals surface area contributed by atoms with Gasteiger partial charge in [0, 0.05) is 37.6 Å². The standard InChI is InChI=1S/C20H37N3O/c1-2-8-19(24)23-15-9-18(10-16-23)21-20(11-4-3-5-12-20)17-22-13-6-7-14-22/h18,21H,2-17H2,1H3. The molecule has 0 aromatic heterocycles. The summed E-state index contributed by atoms with van der Waals surface area (Å²) in [5.74, 6) is 0.361. The Balaban J connectivity index is 1.52. The predicted octanol–water partition coefficient (Wildman–Crippen LogP) is 3.17. The monoisotopic (exact) mass is 335 g/mol. The Morgan fingerprint density at radius 3 is 2.29 bits per heavy atom. The smallest absolute Gasteiger partial charge is 0.222 e. The van der Waals surface area contributed by atoms with Gasteiger partial charge in [0.1, 0.15) is 0 Å². The van der Waals surface area contributed by atoms with E-state index in [-0.39, 0.29) is 0 Å². The largest absolute Gasteiger partial charge is 0.343 e. The van der Waals surface area contributed by atoms with Crippen molar-refractivity contribution < 1.29 is 4.79 Å². The summed E-state index contributed by atoms with van der Waals surface area (Å²) in [5.41, 5.74) is 0.350. The highest BCUT2D eigenvalue weighted by Crippen LogP contribution is 2.31. The van der Waals surface area contributed by atoms with Gasteiger partial charge >= 0.3 is 0 Å². The first-order valence-corrected chi connectivity index (χ1v) is 10.5. The minimum atomic E-state index is 0.350. The zero-order valence-electron chi connectivity index (χ0n) is 15.7. The van der Waals surface area contributed by atoms with Gasteiger partial charge in [0.05, 0.1) is 0 Å². The molecule has 2 heterocycles. The highest BCUT2D eigenvalue weighted by atomic mass is 16.2. The number of nitrogens with zero attached hydrogens (tertiary/aromatic N) is 2. The molecule has 4 nitrogen and oxygen atoms in total. The fraction of sp³-hybridized carbons (Fsp3) is 0.950. The molecular weight excluding hydrogens is 298 g/mol. The summed E-state index contributed by atoms with van der Waals surface area (Å²) in [6.45, 7) is 7.85. The van der Waals surface area contributed by atoms with Gasteiger partial charge < -0.3 is 15.1 Å². The summed E-state index contributed by atoms with van der Waals surface area (Å²) in [7, 11) is 0. The predicted molar refractivity (Wildman–Crippen MR) is 99.1 cm³/mol. The van der Waals surface area contributed by atoms with Crippen molar-refractivity contribution in [2.75, 3.05) is 32.7 Å². The van der Waals surface area contributed by atoms with Gasteiger partial charge in [-0.15, -0.1) is 0 Å². The molecule has 0 spiro atoms. The minimum Gasteiger partial charge on any atom is -0.343 e. The summed E-state index contributed by atoms with van der Waals surface area (Å²) in [6, 6.07) is 0.608. The average Bonchev–Trinajstić information content (AvgIpc) is 3.09. The molecular formula is C20H37N3O. The van der Waals surface area contributed by atoms with Gasteiger partial charge in [-0.3, -0.25) is 4.79 Å². The van der Waals surface area contributed by atoms with Crippen LogP contribution in [0.2, 0.25) is 0 Å². The Morgan fingerprint density at radius 1 is 1.00 bits per heavy atom. The van der Waals surface area contributed by atoms with E-state index >= 15 is 0 Å². The van der Waals surface area contributed by atoms with E-state index in [2.05, 4.69) is 22.0 Å². The van der Waals surface area contributed by atoms with Crippen LogP contribution in [-0.2, 0) is 4.79 Å². The lowest BCUT2D eigenvalue weighted by atomic mass is 9.80. The molecule has 2 saturated heterocycles. The van der Waals surface area contributed by atoms with Crippen LogP contribution in [0.4, 0.5) is 0 Å². The van der Waals surface area contributed by atoms with E-state index in [0.717, 1.165) is 38.8 Å². The second-order valence-electron chi connectivity index (χ2n) is 8.37. The average molecular weight is 336 g/mol. The number of hydrogen-bond acceptors (Lipinski definition) is 3. The van der Waals surface area contributed by atoms with Crippen LogP contribution in [-0.4, -0.2) is 60.0 Å². The molecule has 3 fully saturated rings. The first-order valence-electron chi connectivity index (χ1n) is 10.5. The fourth-order valence-corrected chi connectivity index (χ4v) is 5.02. The van der Waals surface area contributed by atoms with Crippen molar-refractivity contribution in [2.45, 2.75) is 89.1 Å². The highest BCUT2D eigenvalue weighted by molar-refractivity contribution is 5.76. The van der Waals surface area contributed by atoms with Crippen molar-refractivity contribution >= 4 is 5.91 Å². The molecule has 1 N–H and O–H groups in total. The lowest BCUT2D eigenvalue weighted by molar-refractivity contribution is -0.132. The topological polar surface area (TPSA) is 35.6 Å². The summed E-state index contributed by atoms with van der Waals surface area (Å²) >= 11 is 0. The minimum absolute atomic E-state index is 0.350. The molecule has 138 valence electrons.